The van der Waals surface area contributed by atoms with Crippen molar-refractivity contribution in [3.8, 4) is 5.75 Å². The summed E-state index contributed by atoms with van der Waals surface area (Å²) >= 11 is 0. The maximum atomic E-state index is 13.0. The van der Waals surface area contributed by atoms with Gasteiger partial charge < -0.3 is 19.5 Å². The second kappa shape index (κ2) is 7.95. The Kier molecular flexibility index (Phi) is 5.53. The lowest BCUT2D eigenvalue weighted by Gasteiger charge is -2.33. The highest BCUT2D eigenvalue weighted by Crippen LogP contribution is 2.33. The van der Waals surface area contributed by atoms with Crippen LogP contribution in [0.25, 0.3) is 0 Å². The van der Waals surface area contributed by atoms with Gasteiger partial charge in [0, 0.05) is 38.5 Å². The zero-order chi connectivity index (χ0) is 19.3. The van der Waals surface area contributed by atoms with Gasteiger partial charge >= 0.3 is 0 Å². The fourth-order valence-electron chi connectivity index (χ4n) is 4.63. The van der Waals surface area contributed by atoms with Crippen molar-refractivity contribution in [3.05, 3.63) is 40.5 Å². The van der Waals surface area contributed by atoms with E-state index in [-0.39, 0.29) is 24.4 Å². The Labute approximate surface area is 177 Å². The first-order chi connectivity index (χ1) is 13.6. The highest BCUT2D eigenvalue weighted by atomic mass is 35.5. The average Bonchev–Trinajstić information content (AvgIpc) is 3.32. The van der Waals surface area contributed by atoms with Crippen LogP contribution in [0.3, 0.4) is 0 Å². The van der Waals surface area contributed by atoms with Crippen molar-refractivity contribution < 1.29 is 9.53 Å². The van der Waals surface area contributed by atoms with E-state index in [1.807, 2.05) is 4.90 Å². The molecule has 1 aromatic carbocycles. The number of benzene rings is 1. The zero-order valence-electron chi connectivity index (χ0n) is 17.0. The van der Waals surface area contributed by atoms with Crippen molar-refractivity contribution in [2.24, 2.45) is 0 Å². The first kappa shape index (κ1) is 20.2. The van der Waals surface area contributed by atoms with E-state index in [4.69, 9.17) is 4.74 Å². The zero-order valence-corrected chi connectivity index (χ0v) is 17.8. The number of hydrogen-bond donors (Lipinski definition) is 1. The van der Waals surface area contributed by atoms with Gasteiger partial charge in [0.05, 0.1) is 6.54 Å². The summed E-state index contributed by atoms with van der Waals surface area (Å²) in [5.74, 6) is 3.51. The summed E-state index contributed by atoms with van der Waals surface area (Å²) in [6, 6.07) is 4.22. The van der Waals surface area contributed by atoms with Crippen LogP contribution in [-0.2, 0) is 24.3 Å². The SMILES string of the molecule is Cc1cc2c(cc1C)OC(C(=O)N1CCC(c3nnc4n3CCNC4)CC1)C2.Cl. The lowest BCUT2D eigenvalue weighted by Crippen LogP contribution is -2.45. The molecule has 1 N–H and O–H groups in total. The maximum Gasteiger partial charge on any atom is 0.263 e. The molecule has 2 aromatic rings. The standard InChI is InChI=1S/C21H27N5O2.ClH/c1-13-9-16-11-18(28-17(16)10-14(13)2)21(27)25-6-3-15(4-7-25)20-24-23-19-12-22-5-8-26(19)20;/h9-10,15,18,22H,3-8,11-12H2,1-2H3;1H. The summed E-state index contributed by atoms with van der Waals surface area (Å²) in [6.45, 7) is 8.41. The molecule has 5 rings (SSSR count). The van der Waals surface area contributed by atoms with Gasteiger partial charge in [0.25, 0.3) is 5.91 Å². The molecule has 1 saturated heterocycles. The number of ether oxygens (including phenoxy) is 1. The average molecular weight is 418 g/mol. The van der Waals surface area contributed by atoms with E-state index < -0.39 is 0 Å². The third-order valence-corrected chi connectivity index (χ3v) is 6.45. The summed E-state index contributed by atoms with van der Waals surface area (Å²) in [7, 11) is 0. The minimum atomic E-state index is -0.375. The topological polar surface area (TPSA) is 72.3 Å². The fourth-order valence-corrected chi connectivity index (χ4v) is 4.63. The molecule has 29 heavy (non-hydrogen) atoms. The quantitative estimate of drug-likeness (QED) is 0.810. The highest BCUT2D eigenvalue weighted by Gasteiger charge is 2.35. The summed E-state index contributed by atoms with van der Waals surface area (Å²) in [5.41, 5.74) is 3.61. The lowest BCUT2D eigenvalue weighted by atomic mass is 9.95. The second-order valence-corrected chi connectivity index (χ2v) is 8.26. The van der Waals surface area contributed by atoms with Crippen molar-refractivity contribution >= 4 is 18.3 Å². The molecule has 7 nitrogen and oxygen atoms in total. The molecule has 3 aliphatic rings. The van der Waals surface area contributed by atoms with Gasteiger partial charge in [0.15, 0.2) is 6.10 Å². The fraction of sp³-hybridized carbons (Fsp3) is 0.571. The smallest absolute Gasteiger partial charge is 0.263 e. The van der Waals surface area contributed by atoms with E-state index in [1.165, 1.54) is 11.1 Å². The van der Waals surface area contributed by atoms with E-state index in [2.05, 4.69) is 46.1 Å². The molecular formula is C21H28ClN5O2. The van der Waals surface area contributed by atoms with Gasteiger partial charge in [-0.15, -0.1) is 22.6 Å². The highest BCUT2D eigenvalue weighted by molar-refractivity contribution is 5.85. The predicted octanol–water partition coefficient (Wildman–Crippen LogP) is 2.13. The number of amides is 1. The summed E-state index contributed by atoms with van der Waals surface area (Å²) in [6.07, 6.45) is 2.18. The number of carbonyl (C=O) groups is 1. The Morgan fingerprint density at radius 3 is 2.69 bits per heavy atom. The van der Waals surface area contributed by atoms with Crippen LogP contribution in [0, 0.1) is 13.8 Å². The van der Waals surface area contributed by atoms with Gasteiger partial charge in [-0.1, -0.05) is 6.07 Å². The van der Waals surface area contributed by atoms with Crippen molar-refractivity contribution in [1.82, 2.24) is 25.0 Å². The second-order valence-electron chi connectivity index (χ2n) is 8.26. The van der Waals surface area contributed by atoms with Crippen LogP contribution in [0.5, 0.6) is 5.75 Å². The molecule has 156 valence electrons. The number of rotatable bonds is 2. The van der Waals surface area contributed by atoms with Crippen LogP contribution < -0.4 is 10.1 Å². The molecule has 4 heterocycles. The van der Waals surface area contributed by atoms with Gasteiger partial charge in [-0.05, 0) is 49.4 Å². The number of aromatic nitrogens is 3. The van der Waals surface area contributed by atoms with Gasteiger partial charge in [-0.25, -0.2) is 0 Å². The number of fused-ring (bicyclic) bond motifs is 2. The number of nitrogens with zero attached hydrogens (tertiary/aromatic N) is 4. The van der Waals surface area contributed by atoms with Gasteiger partial charge in [-0.2, -0.15) is 0 Å². The minimum Gasteiger partial charge on any atom is -0.480 e. The number of hydrogen-bond acceptors (Lipinski definition) is 5. The Hall–Kier alpha value is -2.12. The van der Waals surface area contributed by atoms with Gasteiger partial charge in [0.2, 0.25) is 0 Å². The molecule has 1 fully saturated rings. The predicted molar refractivity (Wildman–Crippen MR) is 112 cm³/mol. The van der Waals surface area contributed by atoms with Crippen LogP contribution >= 0.6 is 12.4 Å². The first-order valence-electron chi connectivity index (χ1n) is 10.3. The number of likely N-dealkylation sites (tertiary alicyclic amines) is 1. The normalized spacial score (nSPS) is 21.2. The third-order valence-electron chi connectivity index (χ3n) is 6.45. The lowest BCUT2D eigenvalue weighted by molar-refractivity contribution is -0.139. The summed E-state index contributed by atoms with van der Waals surface area (Å²) in [5, 5.41) is 12.1. The van der Waals surface area contributed by atoms with Crippen LogP contribution in [0.2, 0.25) is 0 Å². The van der Waals surface area contributed by atoms with Crippen molar-refractivity contribution in [2.45, 2.75) is 58.2 Å². The molecule has 1 unspecified atom stereocenters. The Morgan fingerprint density at radius 2 is 1.90 bits per heavy atom. The maximum absolute atomic E-state index is 13.0. The molecule has 0 saturated carbocycles. The Balaban J connectivity index is 0.00000205. The van der Waals surface area contributed by atoms with Crippen molar-refractivity contribution in [1.29, 1.82) is 0 Å². The number of halogens is 1. The van der Waals surface area contributed by atoms with E-state index in [0.29, 0.717) is 12.3 Å². The summed E-state index contributed by atoms with van der Waals surface area (Å²) < 4.78 is 8.27. The minimum absolute atomic E-state index is 0. The van der Waals surface area contributed by atoms with Crippen LogP contribution in [-0.4, -0.2) is 51.3 Å². The first-order valence-corrected chi connectivity index (χ1v) is 10.3. The molecule has 0 spiro atoms. The number of aryl methyl sites for hydroxylation is 2. The molecule has 1 amide bonds. The molecule has 1 aromatic heterocycles. The van der Waals surface area contributed by atoms with E-state index in [1.54, 1.807) is 0 Å². The van der Waals surface area contributed by atoms with Crippen molar-refractivity contribution in [2.75, 3.05) is 19.6 Å². The third kappa shape index (κ3) is 3.62. The van der Waals surface area contributed by atoms with Gasteiger partial charge in [-0.3, -0.25) is 4.79 Å². The molecule has 0 radical (unpaired) electrons. The molecule has 8 heteroatoms. The van der Waals surface area contributed by atoms with E-state index >= 15 is 0 Å². The van der Waals surface area contributed by atoms with Gasteiger partial charge in [0.1, 0.15) is 17.4 Å². The molecule has 0 bridgehead atoms. The van der Waals surface area contributed by atoms with Crippen molar-refractivity contribution in [3.63, 3.8) is 0 Å². The van der Waals surface area contributed by atoms with E-state index in [0.717, 1.165) is 68.5 Å². The molecule has 1 atom stereocenters. The van der Waals surface area contributed by atoms with Crippen LogP contribution in [0.15, 0.2) is 12.1 Å². The summed E-state index contributed by atoms with van der Waals surface area (Å²) in [4.78, 5) is 15.0. The number of piperidine rings is 1. The molecule has 3 aliphatic heterocycles. The molecule has 0 aliphatic carbocycles. The Bertz CT molecular complexity index is 889. The molecular weight excluding hydrogens is 390 g/mol. The largest absolute Gasteiger partial charge is 0.480 e. The van der Waals surface area contributed by atoms with Crippen LogP contribution in [0.4, 0.5) is 0 Å². The van der Waals surface area contributed by atoms with E-state index in [9.17, 15) is 4.79 Å². The van der Waals surface area contributed by atoms with Crippen LogP contribution in [0.1, 0.15) is 47.1 Å². The monoisotopic (exact) mass is 417 g/mol. The Morgan fingerprint density at radius 1 is 1.14 bits per heavy atom. The number of carbonyl (C=O) groups excluding carboxylic acids is 1. The number of nitrogens with one attached hydrogen (secondary N) is 1.